The topological polar surface area (TPSA) is 62.3 Å². The highest BCUT2D eigenvalue weighted by molar-refractivity contribution is 7.16. The Morgan fingerprint density at radius 1 is 0.919 bits per heavy atom. The molecule has 1 aromatic heterocycles. The van der Waals surface area contributed by atoms with Crippen molar-refractivity contribution in [1.82, 2.24) is 4.98 Å². The van der Waals surface area contributed by atoms with Crippen molar-refractivity contribution < 1.29 is 14.0 Å². The first-order valence-electron chi connectivity index (χ1n) is 11.9. The third-order valence-corrected chi connectivity index (χ3v) is 7.48. The number of rotatable bonds is 4. The summed E-state index contributed by atoms with van der Waals surface area (Å²) >= 11 is 1.43. The molecule has 0 radical (unpaired) electrons. The number of aromatic nitrogens is 1. The second-order valence-corrected chi connectivity index (χ2v) is 10.2. The number of carbonyl (C=O) groups excluding carboxylic acids is 2. The molecule has 0 saturated heterocycles. The van der Waals surface area contributed by atoms with E-state index in [1.165, 1.54) is 23.5 Å². The van der Waals surface area contributed by atoms with Crippen molar-refractivity contribution in [2.24, 2.45) is 0 Å². The molecule has 4 aromatic carbocycles. The number of halogens is 1. The first-order chi connectivity index (χ1) is 18.0. The van der Waals surface area contributed by atoms with E-state index < -0.39 is 5.82 Å². The zero-order chi connectivity index (χ0) is 25.5. The van der Waals surface area contributed by atoms with Crippen molar-refractivity contribution in [3.8, 4) is 11.3 Å². The van der Waals surface area contributed by atoms with E-state index >= 15 is 0 Å². The average molecular weight is 508 g/mol. The number of aryl methyl sites for hydroxylation is 1. The van der Waals surface area contributed by atoms with Crippen LogP contribution in [0.4, 0.5) is 15.2 Å². The molecule has 7 heteroatoms. The first-order valence-corrected chi connectivity index (χ1v) is 12.8. The predicted octanol–water partition coefficient (Wildman–Crippen LogP) is 6.87. The standard InChI is InChI=1S/C30H22FN3O2S/c1-18-27(32-30(37-18)33-28(35)23-10-9-19-5-2-3-6-20(19)15-23)22-11-12-26-21(16-22)13-14-34(26)29(36)24-7-4-8-25(31)17-24/h2-12,15-17H,13-14H2,1H3,(H,32,33,35). The van der Waals surface area contributed by atoms with Gasteiger partial charge in [-0.1, -0.05) is 42.5 Å². The van der Waals surface area contributed by atoms with Gasteiger partial charge in [0, 0.05) is 33.8 Å². The molecule has 1 N–H and O–H groups in total. The second-order valence-electron chi connectivity index (χ2n) is 9.00. The van der Waals surface area contributed by atoms with Crippen LogP contribution in [0.15, 0.2) is 84.9 Å². The fraction of sp³-hybridized carbons (Fsp3) is 0.100. The summed E-state index contributed by atoms with van der Waals surface area (Å²) in [5.41, 5.74) is 4.51. The number of hydrogen-bond donors (Lipinski definition) is 1. The summed E-state index contributed by atoms with van der Waals surface area (Å²) in [6.07, 6.45) is 0.707. The predicted molar refractivity (Wildman–Crippen MR) is 146 cm³/mol. The van der Waals surface area contributed by atoms with Gasteiger partial charge in [-0.05, 0) is 72.1 Å². The Hall–Kier alpha value is -4.36. The zero-order valence-electron chi connectivity index (χ0n) is 20.0. The minimum absolute atomic E-state index is 0.202. The minimum atomic E-state index is -0.428. The van der Waals surface area contributed by atoms with Gasteiger partial charge in [-0.15, -0.1) is 11.3 Å². The monoisotopic (exact) mass is 507 g/mol. The van der Waals surface area contributed by atoms with Crippen LogP contribution in [0.5, 0.6) is 0 Å². The van der Waals surface area contributed by atoms with Crippen molar-refractivity contribution in [3.63, 3.8) is 0 Å². The van der Waals surface area contributed by atoms with Crippen molar-refractivity contribution in [3.05, 3.63) is 112 Å². The van der Waals surface area contributed by atoms with Gasteiger partial charge < -0.3 is 4.90 Å². The molecule has 0 atom stereocenters. The van der Waals surface area contributed by atoms with Gasteiger partial charge >= 0.3 is 0 Å². The lowest BCUT2D eigenvalue weighted by molar-refractivity contribution is 0.0987. The third-order valence-electron chi connectivity index (χ3n) is 6.59. The number of carbonyl (C=O) groups is 2. The van der Waals surface area contributed by atoms with Crippen LogP contribution in [0.3, 0.4) is 0 Å². The largest absolute Gasteiger partial charge is 0.308 e. The SMILES string of the molecule is Cc1sc(NC(=O)c2ccc3ccccc3c2)nc1-c1ccc2c(c1)CCN2C(=O)c1cccc(F)c1. The van der Waals surface area contributed by atoms with Gasteiger partial charge in [0.25, 0.3) is 11.8 Å². The number of fused-ring (bicyclic) bond motifs is 2. The highest BCUT2D eigenvalue weighted by atomic mass is 32.1. The molecular weight excluding hydrogens is 485 g/mol. The van der Waals surface area contributed by atoms with Crippen molar-refractivity contribution in [2.45, 2.75) is 13.3 Å². The molecule has 0 unspecified atom stereocenters. The van der Waals surface area contributed by atoms with Gasteiger partial charge in [0.2, 0.25) is 0 Å². The second kappa shape index (κ2) is 9.26. The lowest BCUT2D eigenvalue weighted by Crippen LogP contribution is -2.28. The van der Waals surface area contributed by atoms with Crippen molar-refractivity contribution >= 4 is 44.7 Å². The molecule has 5 aromatic rings. The zero-order valence-corrected chi connectivity index (χ0v) is 20.8. The number of hydrogen-bond acceptors (Lipinski definition) is 4. The number of anilines is 2. The maximum absolute atomic E-state index is 13.6. The van der Waals surface area contributed by atoms with Gasteiger partial charge in [0.05, 0.1) is 5.69 Å². The lowest BCUT2D eigenvalue weighted by Gasteiger charge is -2.17. The Kier molecular flexibility index (Phi) is 5.77. The van der Waals surface area contributed by atoms with Gasteiger partial charge in [0.1, 0.15) is 5.82 Å². The van der Waals surface area contributed by atoms with E-state index in [1.807, 2.05) is 67.6 Å². The Bertz CT molecular complexity index is 1690. The molecule has 1 aliphatic rings. The van der Waals surface area contributed by atoms with Crippen LogP contribution in [0.2, 0.25) is 0 Å². The highest BCUT2D eigenvalue weighted by Gasteiger charge is 2.26. The van der Waals surface area contributed by atoms with Crippen LogP contribution in [0.1, 0.15) is 31.2 Å². The number of benzene rings is 4. The first kappa shape index (κ1) is 23.1. The van der Waals surface area contributed by atoms with Crippen LogP contribution in [-0.4, -0.2) is 23.3 Å². The summed E-state index contributed by atoms with van der Waals surface area (Å²) in [7, 11) is 0. The molecule has 0 aliphatic carbocycles. The van der Waals surface area contributed by atoms with E-state index in [4.69, 9.17) is 4.98 Å². The normalized spacial score (nSPS) is 12.5. The molecule has 182 valence electrons. The fourth-order valence-corrected chi connectivity index (χ4v) is 5.59. The minimum Gasteiger partial charge on any atom is -0.308 e. The molecule has 5 nitrogen and oxygen atoms in total. The van der Waals surface area contributed by atoms with Crippen molar-refractivity contribution in [2.75, 3.05) is 16.8 Å². The summed E-state index contributed by atoms with van der Waals surface area (Å²) in [5, 5.41) is 5.56. The van der Waals surface area contributed by atoms with Crippen LogP contribution in [0.25, 0.3) is 22.0 Å². The Morgan fingerprint density at radius 2 is 1.76 bits per heavy atom. The molecule has 6 rings (SSSR count). The van der Waals surface area contributed by atoms with Gasteiger partial charge in [-0.25, -0.2) is 9.37 Å². The molecule has 37 heavy (non-hydrogen) atoms. The summed E-state index contributed by atoms with van der Waals surface area (Å²) in [6.45, 7) is 2.52. The van der Waals surface area contributed by atoms with E-state index in [0.717, 1.165) is 38.2 Å². The number of nitrogens with one attached hydrogen (secondary N) is 1. The maximum Gasteiger partial charge on any atom is 0.258 e. The lowest BCUT2D eigenvalue weighted by atomic mass is 10.1. The Labute approximate surface area is 217 Å². The highest BCUT2D eigenvalue weighted by Crippen LogP contribution is 2.36. The Morgan fingerprint density at radius 3 is 2.59 bits per heavy atom. The molecule has 2 heterocycles. The summed E-state index contributed by atoms with van der Waals surface area (Å²) in [5.74, 6) is -0.843. The molecule has 2 amide bonds. The maximum atomic E-state index is 13.6. The van der Waals surface area contributed by atoms with E-state index in [9.17, 15) is 14.0 Å². The quantitative estimate of drug-likeness (QED) is 0.289. The molecular formula is C30H22FN3O2S. The van der Waals surface area contributed by atoms with E-state index in [1.54, 1.807) is 17.0 Å². The summed E-state index contributed by atoms with van der Waals surface area (Å²) < 4.78 is 13.6. The van der Waals surface area contributed by atoms with E-state index in [0.29, 0.717) is 29.2 Å². The van der Waals surface area contributed by atoms with Gasteiger partial charge in [-0.3, -0.25) is 14.9 Å². The number of thiazole rings is 1. The summed E-state index contributed by atoms with van der Waals surface area (Å²) in [4.78, 5) is 33.3. The van der Waals surface area contributed by atoms with Crippen LogP contribution in [-0.2, 0) is 6.42 Å². The van der Waals surface area contributed by atoms with Crippen LogP contribution < -0.4 is 10.2 Å². The average Bonchev–Trinajstić information content (AvgIpc) is 3.50. The van der Waals surface area contributed by atoms with Crippen molar-refractivity contribution in [1.29, 1.82) is 0 Å². The summed E-state index contributed by atoms with van der Waals surface area (Å²) in [6, 6.07) is 25.2. The molecule has 1 aliphatic heterocycles. The number of nitrogens with zero attached hydrogens (tertiary/aromatic N) is 2. The van der Waals surface area contributed by atoms with Crippen LogP contribution in [0, 0.1) is 12.7 Å². The van der Waals surface area contributed by atoms with Crippen LogP contribution >= 0.6 is 11.3 Å². The molecule has 0 fully saturated rings. The molecule has 0 spiro atoms. The molecule has 0 bridgehead atoms. The van der Waals surface area contributed by atoms with Gasteiger partial charge in [-0.2, -0.15) is 0 Å². The number of amides is 2. The van der Waals surface area contributed by atoms with E-state index in [2.05, 4.69) is 5.32 Å². The Balaban J connectivity index is 1.22. The van der Waals surface area contributed by atoms with E-state index in [-0.39, 0.29) is 11.8 Å². The fourth-order valence-electron chi connectivity index (χ4n) is 4.75. The third kappa shape index (κ3) is 4.38. The van der Waals surface area contributed by atoms with Gasteiger partial charge in [0.15, 0.2) is 5.13 Å². The molecule has 0 saturated carbocycles. The smallest absolute Gasteiger partial charge is 0.258 e.